The number of carbonyl (C=O) groups excluding carboxylic acids is 1. The lowest BCUT2D eigenvalue weighted by atomic mass is 10.1. The minimum absolute atomic E-state index is 0.193. The molecule has 0 aliphatic carbocycles. The predicted molar refractivity (Wildman–Crippen MR) is 67.5 cm³/mol. The van der Waals surface area contributed by atoms with Crippen LogP contribution in [-0.2, 0) is 4.74 Å². The molecule has 1 atom stereocenters. The van der Waals surface area contributed by atoms with Crippen LogP contribution in [0.3, 0.4) is 0 Å². The van der Waals surface area contributed by atoms with Crippen LogP contribution in [0.5, 0.6) is 0 Å². The highest BCUT2D eigenvalue weighted by atomic mass is 19.2. The van der Waals surface area contributed by atoms with Gasteiger partial charge in [0.1, 0.15) is 5.60 Å². The van der Waals surface area contributed by atoms with Gasteiger partial charge in [0.2, 0.25) is 0 Å². The molecule has 0 bridgehead atoms. The highest BCUT2D eigenvalue weighted by Crippen LogP contribution is 2.21. The number of hydrogen-bond acceptors (Lipinski definition) is 3. The Morgan fingerprint density at radius 1 is 1.30 bits per heavy atom. The van der Waals surface area contributed by atoms with Crippen molar-refractivity contribution in [3.8, 4) is 0 Å². The molecule has 1 unspecified atom stereocenters. The molecule has 112 valence electrons. The Bertz CT molecular complexity index is 501. The quantitative estimate of drug-likeness (QED) is 0.841. The van der Waals surface area contributed by atoms with E-state index in [1.807, 2.05) is 0 Å². The number of halogens is 3. The second kappa shape index (κ2) is 6.13. The topological polar surface area (TPSA) is 64.3 Å². The van der Waals surface area contributed by atoms with E-state index in [4.69, 9.17) is 10.5 Å². The molecule has 0 aliphatic rings. The van der Waals surface area contributed by atoms with Crippen LogP contribution in [0.2, 0.25) is 0 Å². The van der Waals surface area contributed by atoms with E-state index in [2.05, 4.69) is 5.32 Å². The van der Waals surface area contributed by atoms with Gasteiger partial charge >= 0.3 is 6.09 Å². The Labute approximate surface area is 115 Å². The second-order valence-electron chi connectivity index (χ2n) is 5.20. The molecule has 1 rings (SSSR count). The summed E-state index contributed by atoms with van der Waals surface area (Å²) < 4.78 is 44.6. The summed E-state index contributed by atoms with van der Waals surface area (Å²) in [6, 6.07) is 0.787. The number of amides is 1. The Morgan fingerprint density at radius 2 is 1.90 bits per heavy atom. The third-order valence-electron chi connectivity index (χ3n) is 2.37. The average molecular weight is 290 g/mol. The number of rotatable bonds is 3. The van der Waals surface area contributed by atoms with Crippen molar-refractivity contribution in [3.63, 3.8) is 0 Å². The molecule has 7 heteroatoms. The van der Waals surface area contributed by atoms with Crippen LogP contribution in [0, 0.1) is 17.5 Å². The van der Waals surface area contributed by atoms with Crippen LogP contribution in [0.1, 0.15) is 32.4 Å². The minimum atomic E-state index is -1.60. The van der Waals surface area contributed by atoms with Gasteiger partial charge in [-0.2, -0.15) is 0 Å². The maximum absolute atomic E-state index is 13.6. The lowest BCUT2D eigenvalue weighted by Gasteiger charge is -2.23. The van der Waals surface area contributed by atoms with Gasteiger partial charge in [-0.05, 0) is 26.8 Å². The third kappa shape index (κ3) is 4.12. The first-order chi connectivity index (χ1) is 9.15. The Hall–Kier alpha value is -1.76. The van der Waals surface area contributed by atoms with Gasteiger partial charge in [-0.25, -0.2) is 18.0 Å². The molecule has 1 aromatic rings. The van der Waals surface area contributed by atoms with Crippen LogP contribution >= 0.6 is 0 Å². The summed E-state index contributed by atoms with van der Waals surface area (Å²) in [4.78, 5) is 11.6. The Morgan fingerprint density at radius 3 is 2.40 bits per heavy atom. The first-order valence-corrected chi connectivity index (χ1v) is 5.98. The average Bonchev–Trinajstić information content (AvgIpc) is 2.32. The first kappa shape index (κ1) is 16.3. The molecule has 0 saturated carbocycles. The van der Waals surface area contributed by atoms with Crippen LogP contribution in [0.25, 0.3) is 0 Å². The fourth-order valence-electron chi connectivity index (χ4n) is 1.52. The summed E-state index contributed by atoms with van der Waals surface area (Å²) in [6.07, 6.45) is -0.822. The standard InChI is InChI=1S/C13H17F3N2O2/c1-13(2,3)20-12(19)18-9(6-17)7-4-5-8(14)11(16)10(7)15/h4-5,9H,6,17H2,1-3H3,(H,18,19). The summed E-state index contributed by atoms with van der Waals surface area (Å²) in [5.74, 6) is -4.29. The molecule has 0 spiro atoms. The molecule has 0 heterocycles. The summed E-state index contributed by atoms with van der Waals surface area (Å²) in [7, 11) is 0. The van der Waals surface area contributed by atoms with Crippen molar-refractivity contribution in [3.05, 3.63) is 35.1 Å². The fourth-order valence-corrected chi connectivity index (χ4v) is 1.52. The van der Waals surface area contributed by atoms with E-state index < -0.39 is 35.2 Å². The summed E-state index contributed by atoms with van der Waals surface area (Å²) >= 11 is 0. The molecule has 0 aromatic heterocycles. The van der Waals surface area contributed by atoms with Crippen LogP contribution in [0.15, 0.2) is 12.1 Å². The van der Waals surface area contributed by atoms with E-state index in [1.165, 1.54) is 0 Å². The van der Waals surface area contributed by atoms with Crippen LogP contribution < -0.4 is 11.1 Å². The highest BCUT2D eigenvalue weighted by molar-refractivity contribution is 5.68. The number of nitrogens with one attached hydrogen (secondary N) is 1. The molecule has 1 amide bonds. The largest absolute Gasteiger partial charge is 0.444 e. The van der Waals surface area contributed by atoms with Crippen molar-refractivity contribution in [1.29, 1.82) is 0 Å². The molecule has 0 aliphatic heterocycles. The zero-order valence-corrected chi connectivity index (χ0v) is 11.5. The van der Waals surface area contributed by atoms with Gasteiger partial charge in [0.25, 0.3) is 0 Å². The maximum Gasteiger partial charge on any atom is 0.408 e. The van der Waals surface area contributed by atoms with E-state index >= 15 is 0 Å². The lowest BCUT2D eigenvalue weighted by Crippen LogP contribution is -2.38. The molecule has 0 radical (unpaired) electrons. The van der Waals surface area contributed by atoms with E-state index in [1.54, 1.807) is 20.8 Å². The zero-order valence-electron chi connectivity index (χ0n) is 11.5. The molecule has 0 saturated heterocycles. The molecule has 4 nitrogen and oxygen atoms in total. The van der Waals surface area contributed by atoms with Crippen molar-refractivity contribution < 1.29 is 22.7 Å². The fraction of sp³-hybridized carbons (Fsp3) is 0.462. The van der Waals surface area contributed by atoms with Gasteiger partial charge in [0, 0.05) is 12.1 Å². The minimum Gasteiger partial charge on any atom is -0.444 e. The normalized spacial score (nSPS) is 12.9. The van der Waals surface area contributed by atoms with Crippen molar-refractivity contribution in [2.45, 2.75) is 32.4 Å². The van der Waals surface area contributed by atoms with Crippen LogP contribution in [-0.4, -0.2) is 18.2 Å². The smallest absolute Gasteiger partial charge is 0.408 e. The van der Waals surface area contributed by atoms with Crippen molar-refractivity contribution in [1.82, 2.24) is 5.32 Å². The molecular weight excluding hydrogens is 273 g/mol. The monoisotopic (exact) mass is 290 g/mol. The van der Waals surface area contributed by atoms with E-state index in [0.29, 0.717) is 0 Å². The van der Waals surface area contributed by atoms with E-state index in [9.17, 15) is 18.0 Å². The van der Waals surface area contributed by atoms with Gasteiger partial charge in [-0.1, -0.05) is 6.07 Å². The van der Waals surface area contributed by atoms with Crippen molar-refractivity contribution in [2.75, 3.05) is 6.54 Å². The first-order valence-electron chi connectivity index (χ1n) is 5.98. The van der Waals surface area contributed by atoms with E-state index in [0.717, 1.165) is 12.1 Å². The molecule has 3 N–H and O–H groups in total. The third-order valence-corrected chi connectivity index (χ3v) is 2.37. The van der Waals surface area contributed by atoms with Gasteiger partial charge in [-0.15, -0.1) is 0 Å². The van der Waals surface area contributed by atoms with Crippen LogP contribution in [0.4, 0.5) is 18.0 Å². The SMILES string of the molecule is CC(C)(C)OC(=O)NC(CN)c1ccc(F)c(F)c1F. The predicted octanol–water partition coefficient (Wildman–Crippen LogP) is 2.63. The maximum atomic E-state index is 13.6. The number of hydrogen-bond donors (Lipinski definition) is 2. The van der Waals surface area contributed by atoms with Crippen molar-refractivity contribution >= 4 is 6.09 Å². The van der Waals surface area contributed by atoms with Gasteiger partial charge < -0.3 is 15.8 Å². The summed E-state index contributed by atoms with van der Waals surface area (Å²) in [5, 5.41) is 2.31. The van der Waals surface area contributed by atoms with Gasteiger partial charge in [0.15, 0.2) is 17.5 Å². The molecule has 0 fully saturated rings. The summed E-state index contributed by atoms with van der Waals surface area (Å²) in [5.41, 5.74) is 4.44. The number of ether oxygens (including phenoxy) is 1. The molecule has 1 aromatic carbocycles. The number of carbonyl (C=O) groups is 1. The van der Waals surface area contributed by atoms with Gasteiger partial charge in [0.05, 0.1) is 6.04 Å². The molecule has 20 heavy (non-hydrogen) atoms. The van der Waals surface area contributed by atoms with E-state index in [-0.39, 0.29) is 12.1 Å². The number of nitrogens with two attached hydrogens (primary N) is 1. The Kier molecular flexibility index (Phi) is 4.99. The van der Waals surface area contributed by atoms with Crippen molar-refractivity contribution in [2.24, 2.45) is 5.73 Å². The lowest BCUT2D eigenvalue weighted by molar-refractivity contribution is 0.0504. The second-order valence-corrected chi connectivity index (χ2v) is 5.20. The number of alkyl carbamates (subject to hydrolysis) is 1. The number of benzene rings is 1. The van der Waals surface area contributed by atoms with Gasteiger partial charge in [-0.3, -0.25) is 0 Å². The Balaban J connectivity index is 2.92. The molecular formula is C13H17F3N2O2. The highest BCUT2D eigenvalue weighted by Gasteiger charge is 2.24. The zero-order chi connectivity index (χ0) is 15.5. The summed E-state index contributed by atoms with van der Waals surface area (Å²) in [6.45, 7) is 4.77.